The average molecular weight is 333 g/mol. The zero-order valence-electron chi connectivity index (χ0n) is 14.4. The molecule has 1 amide bonds. The molecule has 0 fully saturated rings. The van der Waals surface area contributed by atoms with E-state index in [1.807, 2.05) is 57.2 Å². The van der Waals surface area contributed by atoms with E-state index < -0.39 is 0 Å². The van der Waals surface area contributed by atoms with Gasteiger partial charge in [0.1, 0.15) is 5.75 Å². The highest BCUT2D eigenvalue weighted by Crippen LogP contribution is 2.22. The lowest BCUT2D eigenvalue weighted by Gasteiger charge is -2.09. The number of anilines is 1. The van der Waals surface area contributed by atoms with Gasteiger partial charge in [-0.1, -0.05) is 23.8 Å². The molecule has 126 valence electrons. The summed E-state index contributed by atoms with van der Waals surface area (Å²) >= 11 is 0. The Morgan fingerprint density at radius 1 is 0.920 bits per heavy atom. The van der Waals surface area contributed by atoms with Gasteiger partial charge in [0.2, 0.25) is 0 Å². The van der Waals surface area contributed by atoms with E-state index in [0.29, 0.717) is 23.0 Å². The van der Waals surface area contributed by atoms with Gasteiger partial charge in [0, 0.05) is 28.7 Å². The van der Waals surface area contributed by atoms with Gasteiger partial charge in [-0.25, -0.2) is 9.97 Å². The molecule has 3 aromatic rings. The molecule has 1 N–H and O–H groups in total. The number of nitrogens with zero attached hydrogens (tertiary/aromatic N) is 2. The zero-order chi connectivity index (χ0) is 17.8. The van der Waals surface area contributed by atoms with E-state index >= 15 is 0 Å². The fourth-order valence-electron chi connectivity index (χ4n) is 2.47. The Balaban J connectivity index is 1.76. The molecule has 0 unspecified atom stereocenters. The van der Waals surface area contributed by atoms with Crippen LogP contribution in [0.2, 0.25) is 0 Å². The Kier molecular flexibility index (Phi) is 4.75. The van der Waals surface area contributed by atoms with Crippen LogP contribution in [-0.4, -0.2) is 15.9 Å². The quantitative estimate of drug-likeness (QED) is 0.766. The number of aromatic nitrogens is 2. The number of nitrogens with one attached hydrogen (secondary N) is 1. The first-order valence-electron chi connectivity index (χ1n) is 7.98. The maximum absolute atomic E-state index is 12.3. The van der Waals surface area contributed by atoms with Crippen LogP contribution in [-0.2, 0) is 0 Å². The highest BCUT2D eigenvalue weighted by Gasteiger charge is 2.08. The van der Waals surface area contributed by atoms with E-state index in [0.717, 1.165) is 17.0 Å². The van der Waals surface area contributed by atoms with Crippen LogP contribution in [0, 0.1) is 20.8 Å². The summed E-state index contributed by atoms with van der Waals surface area (Å²) in [6.07, 6.45) is 0. The molecule has 0 aliphatic rings. The lowest BCUT2D eigenvalue weighted by Crippen LogP contribution is -2.11. The van der Waals surface area contributed by atoms with Crippen LogP contribution < -0.4 is 10.1 Å². The van der Waals surface area contributed by atoms with Gasteiger partial charge < -0.3 is 10.1 Å². The third kappa shape index (κ3) is 4.41. The van der Waals surface area contributed by atoms with E-state index in [2.05, 4.69) is 15.3 Å². The van der Waals surface area contributed by atoms with Gasteiger partial charge in [0.05, 0.1) is 0 Å². The van der Waals surface area contributed by atoms with E-state index in [-0.39, 0.29) is 5.91 Å². The summed E-state index contributed by atoms with van der Waals surface area (Å²) in [6, 6.07) is 16.8. The van der Waals surface area contributed by atoms with Crippen LogP contribution in [0.5, 0.6) is 11.8 Å². The third-order valence-electron chi connectivity index (χ3n) is 3.54. The first-order valence-corrected chi connectivity index (χ1v) is 7.98. The SMILES string of the molecule is Cc1cccc(C(=O)Nc2cccc(Oc3nc(C)cc(C)n3)c2)c1. The Hall–Kier alpha value is -3.21. The van der Waals surface area contributed by atoms with Gasteiger partial charge in [-0.15, -0.1) is 0 Å². The largest absolute Gasteiger partial charge is 0.424 e. The molecule has 1 heterocycles. The van der Waals surface area contributed by atoms with Crippen LogP contribution in [0.1, 0.15) is 27.3 Å². The zero-order valence-corrected chi connectivity index (χ0v) is 14.4. The number of carbonyl (C=O) groups excluding carboxylic acids is 1. The van der Waals surface area contributed by atoms with Crippen molar-refractivity contribution < 1.29 is 9.53 Å². The van der Waals surface area contributed by atoms with Crippen molar-refractivity contribution in [3.8, 4) is 11.8 Å². The van der Waals surface area contributed by atoms with Crippen LogP contribution in [0.15, 0.2) is 54.6 Å². The summed E-state index contributed by atoms with van der Waals surface area (Å²) in [6.45, 7) is 5.73. The fraction of sp³-hybridized carbons (Fsp3) is 0.150. The second-order valence-corrected chi connectivity index (χ2v) is 5.89. The van der Waals surface area contributed by atoms with Crippen molar-refractivity contribution in [1.82, 2.24) is 9.97 Å². The first kappa shape index (κ1) is 16.6. The molecule has 25 heavy (non-hydrogen) atoms. The fourth-order valence-corrected chi connectivity index (χ4v) is 2.47. The summed E-state index contributed by atoms with van der Waals surface area (Å²) in [5.74, 6) is 0.399. The van der Waals surface area contributed by atoms with Crippen molar-refractivity contribution in [3.05, 3.63) is 77.1 Å². The predicted molar refractivity (Wildman–Crippen MR) is 97.2 cm³/mol. The van der Waals surface area contributed by atoms with Gasteiger partial charge in [0.15, 0.2) is 0 Å². The Morgan fingerprint density at radius 3 is 2.36 bits per heavy atom. The third-order valence-corrected chi connectivity index (χ3v) is 3.54. The van der Waals surface area contributed by atoms with Crippen LogP contribution in [0.4, 0.5) is 5.69 Å². The number of hydrogen-bond acceptors (Lipinski definition) is 4. The normalized spacial score (nSPS) is 10.4. The number of aryl methyl sites for hydroxylation is 3. The van der Waals surface area contributed by atoms with Crippen molar-refractivity contribution in [1.29, 1.82) is 0 Å². The molecule has 0 bridgehead atoms. The predicted octanol–water partition coefficient (Wildman–Crippen LogP) is 4.45. The average Bonchev–Trinajstić information content (AvgIpc) is 2.54. The number of hydrogen-bond donors (Lipinski definition) is 1. The molecule has 0 radical (unpaired) electrons. The lowest BCUT2D eigenvalue weighted by molar-refractivity contribution is 0.102. The number of ether oxygens (including phenoxy) is 1. The summed E-state index contributed by atoms with van der Waals surface area (Å²) in [5.41, 5.74) is 3.98. The molecule has 1 aromatic heterocycles. The summed E-state index contributed by atoms with van der Waals surface area (Å²) in [4.78, 5) is 20.9. The number of carbonyl (C=O) groups is 1. The van der Waals surface area contributed by atoms with Gasteiger partial charge in [-0.05, 0) is 51.1 Å². The van der Waals surface area contributed by atoms with Gasteiger partial charge >= 0.3 is 6.01 Å². The molecular formula is C20H19N3O2. The molecule has 0 aliphatic carbocycles. The van der Waals surface area contributed by atoms with Gasteiger partial charge in [-0.2, -0.15) is 0 Å². The van der Waals surface area contributed by atoms with Crippen molar-refractivity contribution in [2.45, 2.75) is 20.8 Å². The lowest BCUT2D eigenvalue weighted by atomic mass is 10.1. The maximum Gasteiger partial charge on any atom is 0.322 e. The molecule has 5 nitrogen and oxygen atoms in total. The summed E-state index contributed by atoms with van der Waals surface area (Å²) in [7, 11) is 0. The van der Waals surface area contributed by atoms with Crippen LogP contribution in [0.25, 0.3) is 0 Å². The Labute approximate surface area is 146 Å². The monoisotopic (exact) mass is 333 g/mol. The van der Waals surface area contributed by atoms with Gasteiger partial charge in [0.25, 0.3) is 5.91 Å². The van der Waals surface area contributed by atoms with E-state index in [1.165, 1.54) is 0 Å². The molecule has 2 aromatic carbocycles. The summed E-state index contributed by atoms with van der Waals surface area (Å²) in [5, 5.41) is 2.87. The minimum Gasteiger partial charge on any atom is -0.424 e. The Morgan fingerprint density at radius 2 is 1.64 bits per heavy atom. The molecule has 0 saturated carbocycles. The van der Waals surface area contributed by atoms with Crippen molar-refractivity contribution in [2.75, 3.05) is 5.32 Å². The minimum absolute atomic E-state index is 0.163. The van der Waals surface area contributed by atoms with E-state index in [9.17, 15) is 4.79 Å². The van der Waals surface area contributed by atoms with Crippen molar-refractivity contribution in [2.24, 2.45) is 0 Å². The standard InChI is InChI=1S/C20H19N3O2/c1-13-6-4-7-16(10-13)19(24)23-17-8-5-9-18(12-17)25-20-21-14(2)11-15(3)22-20/h4-12H,1-3H3,(H,23,24). The minimum atomic E-state index is -0.163. The van der Waals surface area contributed by atoms with E-state index in [1.54, 1.807) is 18.2 Å². The molecular weight excluding hydrogens is 314 g/mol. The molecule has 0 atom stereocenters. The van der Waals surface area contributed by atoms with Crippen molar-refractivity contribution >= 4 is 11.6 Å². The van der Waals surface area contributed by atoms with Crippen LogP contribution >= 0.6 is 0 Å². The summed E-state index contributed by atoms with van der Waals surface area (Å²) < 4.78 is 5.71. The maximum atomic E-state index is 12.3. The molecule has 0 spiro atoms. The smallest absolute Gasteiger partial charge is 0.322 e. The number of benzene rings is 2. The molecule has 0 saturated heterocycles. The molecule has 3 rings (SSSR count). The highest BCUT2D eigenvalue weighted by molar-refractivity contribution is 6.04. The topological polar surface area (TPSA) is 64.1 Å². The van der Waals surface area contributed by atoms with Crippen LogP contribution in [0.3, 0.4) is 0 Å². The number of amides is 1. The highest BCUT2D eigenvalue weighted by atomic mass is 16.5. The number of rotatable bonds is 4. The van der Waals surface area contributed by atoms with E-state index in [4.69, 9.17) is 4.74 Å². The Bertz CT molecular complexity index is 902. The molecule has 5 heteroatoms. The second kappa shape index (κ2) is 7.13. The first-order chi connectivity index (χ1) is 12.0. The van der Waals surface area contributed by atoms with Gasteiger partial charge in [-0.3, -0.25) is 4.79 Å². The van der Waals surface area contributed by atoms with Crippen molar-refractivity contribution in [3.63, 3.8) is 0 Å². The molecule has 0 aliphatic heterocycles. The second-order valence-electron chi connectivity index (χ2n) is 5.89.